The molecule has 0 bridgehead atoms. The fraction of sp³-hybridized carbons (Fsp3) is 0.846. The molecule has 0 aliphatic rings. The van der Waals surface area contributed by atoms with Gasteiger partial charge in [-0.1, -0.05) is 13.3 Å². The van der Waals surface area contributed by atoms with E-state index in [1.807, 2.05) is 18.7 Å². The highest BCUT2D eigenvalue weighted by molar-refractivity contribution is 5.71. The number of carbonyl (C=O) groups is 2. The van der Waals surface area contributed by atoms with Crippen LogP contribution < -0.4 is 0 Å². The highest BCUT2D eigenvalue weighted by atomic mass is 16.5. The summed E-state index contributed by atoms with van der Waals surface area (Å²) in [6, 6.07) is 0. The number of hydrogen-bond donors (Lipinski definition) is 0. The van der Waals surface area contributed by atoms with Gasteiger partial charge < -0.3 is 9.47 Å². The number of unbranched alkanes of at least 4 members (excludes halogenated alkanes) is 2. The molecule has 0 aromatic heterocycles. The van der Waals surface area contributed by atoms with Crippen LogP contribution >= 0.6 is 0 Å². The van der Waals surface area contributed by atoms with Gasteiger partial charge in [-0.2, -0.15) is 0 Å². The van der Waals surface area contributed by atoms with E-state index in [4.69, 9.17) is 4.74 Å². The molecular formula is C13H25NO4. The van der Waals surface area contributed by atoms with Gasteiger partial charge in [-0.25, -0.2) is 0 Å². The van der Waals surface area contributed by atoms with E-state index in [-0.39, 0.29) is 11.9 Å². The first-order valence-electron chi connectivity index (χ1n) is 6.58. The Bertz CT molecular complexity index is 243. The molecule has 18 heavy (non-hydrogen) atoms. The highest BCUT2D eigenvalue weighted by Gasteiger charge is 2.08. The van der Waals surface area contributed by atoms with Gasteiger partial charge in [-0.15, -0.1) is 0 Å². The first-order valence-corrected chi connectivity index (χ1v) is 6.58. The fourth-order valence-electron chi connectivity index (χ4n) is 1.61. The van der Waals surface area contributed by atoms with Crippen molar-refractivity contribution in [1.82, 2.24) is 4.90 Å². The second-order valence-corrected chi connectivity index (χ2v) is 4.06. The van der Waals surface area contributed by atoms with Crippen LogP contribution in [0.1, 0.15) is 39.5 Å². The summed E-state index contributed by atoms with van der Waals surface area (Å²) in [7, 11) is 1.40. The quantitative estimate of drug-likeness (QED) is 0.440. The summed E-state index contributed by atoms with van der Waals surface area (Å²) >= 11 is 0. The summed E-state index contributed by atoms with van der Waals surface area (Å²) < 4.78 is 9.47. The van der Waals surface area contributed by atoms with Crippen molar-refractivity contribution in [2.75, 3.05) is 33.4 Å². The van der Waals surface area contributed by atoms with Gasteiger partial charge in [0, 0.05) is 6.42 Å². The van der Waals surface area contributed by atoms with Crippen LogP contribution in [0.2, 0.25) is 0 Å². The Morgan fingerprint density at radius 3 is 2.33 bits per heavy atom. The molecule has 0 amide bonds. The molecule has 0 N–H and O–H groups in total. The van der Waals surface area contributed by atoms with Crippen molar-refractivity contribution < 1.29 is 19.1 Å². The number of rotatable bonds is 10. The van der Waals surface area contributed by atoms with E-state index in [1.54, 1.807) is 0 Å². The standard InChI is InChI=1S/C13H25NO4/c1-4-14(11-13(16)17-3)10-8-6-7-9-12(15)18-5-2/h4-11H2,1-3H3. The van der Waals surface area contributed by atoms with Crippen LogP contribution in [0.4, 0.5) is 0 Å². The smallest absolute Gasteiger partial charge is 0.319 e. The van der Waals surface area contributed by atoms with E-state index in [2.05, 4.69) is 4.74 Å². The van der Waals surface area contributed by atoms with Gasteiger partial charge in [0.15, 0.2) is 0 Å². The van der Waals surface area contributed by atoms with Crippen LogP contribution in [0, 0.1) is 0 Å². The Morgan fingerprint density at radius 1 is 1.06 bits per heavy atom. The molecule has 0 saturated carbocycles. The Hall–Kier alpha value is -1.10. The lowest BCUT2D eigenvalue weighted by atomic mass is 10.2. The number of methoxy groups -OCH3 is 1. The van der Waals surface area contributed by atoms with Gasteiger partial charge in [0.05, 0.1) is 20.3 Å². The predicted octanol–water partition coefficient (Wildman–Crippen LogP) is 1.60. The van der Waals surface area contributed by atoms with Crippen LogP contribution in [0.5, 0.6) is 0 Å². The average Bonchev–Trinajstić information content (AvgIpc) is 2.36. The molecule has 0 atom stereocenters. The molecule has 0 spiro atoms. The Labute approximate surface area is 109 Å². The average molecular weight is 259 g/mol. The highest BCUT2D eigenvalue weighted by Crippen LogP contribution is 2.03. The lowest BCUT2D eigenvalue weighted by molar-refractivity contribution is -0.143. The van der Waals surface area contributed by atoms with Crippen LogP contribution in [0.3, 0.4) is 0 Å². The minimum absolute atomic E-state index is 0.126. The van der Waals surface area contributed by atoms with Gasteiger partial charge in [-0.05, 0) is 32.9 Å². The van der Waals surface area contributed by atoms with E-state index < -0.39 is 0 Å². The van der Waals surface area contributed by atoms with Crippen LogP contribution in [-0.2, 0) is 19.1 Å². The molecule has 106 valence electrons. The molecule has 0 saturated heterocycles. The topological polar surface area (TPSA) is 55.8 Å². The van der Waals surface area contributed by atoms with Crippen molar-refractivity contribution in [2.45, 2.75) is 39.5 Å². The molecule has 5 heteroatoms. The van der Waals surface area contributed by atoms with E-state index in [0.717, 1.165) is 32.4 Å². The number of likely N-dealkylation sites (N-methyl/N-ethyl adjacent to an activating group) is 1. The van der Waals surface area contributed by atoms with Crippen molar-refractivity contribution in [3.63, 3.8) is 0 Å². The maximum atomic E-state index is 11.1. The number of carbonyl (C=O) groups excluding carboxylic acids is 2. The zero-order valence-corrected chi connectivity index (χ0v) is 11.7. The van der Waals surface area contributed by atoms with Crippen molar-refractivity contribution >= 4 is 11.9 Å². The van der Waals surface area contributed by atoms with Crippen LogP contribution in [0.15, 0.2) is 0 Å². The molecule has 5 nitrogen and oxygen atoms in total. The molecule has 0 aliphatic heterocycles. The maximum absolute atomic E-state index is 11.1. The fourth-order valence-corrected chi connectivity index (χ4v) is 1.61. The molecule has 0 aromatic carbocycles. The second kappa shape index (κ2) is 11.0. The minimum atomic E-state index is -0.205. The Balaban J connectivity index is 3.56. The zero-order valence-electron chi connectivity index (χ0n) is 11.7. The molecule has 0 rings (SSSR count). The number of nitrogens with zero attached hydrogens (tertiary/aromatic N) is 1. The lowest BCUT2D eigenvalue weighted by Gasteiger charge is -2.18. The van der Waals surface area contributed by atoms with Crippen LogP contribution in [0.25, 0.3) is 0 Å². The third-order valence-electron chi connectivity index (χ3n) is 2.69. The van der Waals surface area contributed by atoms with Crippen molar-refractivity contribution in [2.24, 2.45) is 0 Å². The van der Waals surface area contributed by atoms with Crippen molar-refractivity contribution in [1.29, 1.82) is 0 Å². The van der Waals surface area contributed by atoms with Gasteiger partial charge in [-0.3, -0.25) is 14.5 Å². The van der Waals surface area contributed by atoms with E-state index >= 15 is 0 Å². The van der Waals surface area contributed by atoms with Gasteiger partial charge in [0.2, 0.25) is 0 Å². The third kappa shape index (κ3) is 8.98. The normalized spacial score (nSPS) is 10.4. The summed E-state index contributed by atoms with van der Waals surface area (Å²) in [5.74, 6) is -0.331. The first kappa shape index (κ1) is 16.9. The monoisotopic (exact) mass is 259 g/mol. The second-order valence-electron chi connectivity index (χ2n) is 4.06. The van der Waals surface area contributed by atoms with E-state index in [9.17, 15) is 9.59 Å². The Morgan fingerprint density at radius 2 is 1.78 bits per heavy atom. The summed E-state index contributed by atoms with van der Waals surface area (Å²) in [6.45, 7) is 6.29. The largest absolute Gasteiger partial charge is 0.468 e. The zero-order chi connectivity index (χ0) is 13.8. The van der Waals surface area contributed by atoms with E-state index in [0.29, 0.717) is 19.6 Å². The van der Waals surface area contributed by atoms with Gasteiger partial charge in [0.25, 0.3) is 0 Å². The SMILES string of the molecule is CCOC(=O)CCCCCN(CC)CC(=O)OC. The predicted molar refractivity (Wildman–Crippen MR) is 69.2 cm³/mol. The number of ether oxygens (including phenoxy) is 2. The molecule has 0 heterocycles. The summed E-state index contributed by atoms with van der Waals surface area (Å²) in [6.07, 6.45) is 3.27. The van der Waals surface area contributed by atoms with Crippen LogP contribution in [-0.4, -0.2) is 50.2 Å². The molecule has 0 aliphatic carbocycles. The van der Waals surface area contributed by atoms with Gasteiger partial charge >= 0.3 is 11.9 Å². The number of esters is 2. The summed E-state index contributed by atoms with van der Waals surface area (Å²) in [4.78, 5) is 24.2. The molecule has 0 fully saturated rings. The maximum Gasteiger partial charge on any atom is 0.319 e. The van der Waals surface area contributed by atoms with Crippen molar-refractivity contribution in [3.05, 3.63) is 0 Å². The minimum Gasteiger partial charge on any atom is -0.468 e. The number of hydrogen-bond acceptors (Lipinski definition) is 5. The van der Waals surface area contributed by atoms with Gasteiger partial charge in [0.1, 0.15) is 0 Å². The summed E-state index contributed by atoms with van der Waals surface area (Å²) in [5.41, 5.74) is 0. The summed E-state index contributed by atoms with van der Waals surface area (Å²) in [5, 5.41) is 0. The Kier molecular flexibility index (Phi) is 10.3. The third-order valence-corrected chi connectivity index (χ3v) is 2.69. The molecule has 0 unspecified atom stereocenters. The lowest BCUT2D eigenvalue weighted by Crippen LogP contribution is -2.31. The van der Waals surface area contributed by atoms with E-state index in [1.165, 1.54) is 7.11 Å². The van der Waals surface area contributed by atoms with Crippen molar-refractivity contribution in [3.8, 4) is 0 Å². The molecule has 0 aromatic rings. The molecule has 0 radical (unpaired) electrons. The first-order chi connectivity index (χ1) is 8.63. The molecular weight excluding hydrogens is 234 g/mol.